The molecule has 0 aliphatic carbocycles. The van der Waals surface area contributed by atoms with Gasteiger partial charge in [-0.3, -0.25) is 0 Å². The maximum absolute atomic E-state index is 5.38. The number of hydrogen-bond donors (Lipinski definition) is 2. The summed E-state index contributed by atoms with van der Waals surface area (Å²) in [6.07, 6.45) is 6.55. The molecule has 1 saturated heterocycles. The molecule has 1 aliphatic heterocycles. The number of aryl methyl sites for hydroxylation is 1. The SMILES string of the molecule is C[C@H]1CCCN(c2ccc(NC(=S)NCCCc3ccccc3)cn2)C1. The predicted molar refractivity (Wildman–Crippen MR) is 114 cm³/mol. The first kappa shape index (κ1) is 18.6. The van der Waals surface area contributed by atoms with Crippen LogP contribution in [0.4, 0.5) is 11.5 Å². The second-order valence-electron chi connectivity index (χ2n) is 7.07. The van der Waals surface area contributed by atoms with Gasteiger partial charge in [0.25, 0.3) is 0 Å². The Balaban J connectivity index is 1.40. The summed E-state index contributed by atoms with van der Waals surface area (Å²) in [6, 6.07) is 14.7. The fourth-order valence-corrected chi connectivity index (χ4v) is 3.58. The molecule has 2 heterocycles. The van der Waals surface area contributed by atoms with Gasteiger partial charge < -0.3 is 15.5 Å². The third kappa shape index (κ3) is 5.70. The molecule has 1 aliphatic rings. The molecule has 0 saturated carbocycles. The van der Waals surface area contributed by atoms with Gasteiger partial charge in [-0.25, -0.2) is 4.98 Å². The zero-order valence-electron chi connectivity index (χ0n) is 15.4. The van der Waals surface area contributed by atoms with Gasteiger partial charge in [-0.05, 0) is 61.5 Å². The molecule has 1 fully saturated rings. The summed E-state index contributed by atoms with van der Waals surface area (Å²) >= 11 is 5.38. The Morgan fingerprint density at radius 3 is 2.81 bits per heavy atom. The molecule has 1 aromatic heterocycles. The number of piperidine rings is 1. The second kappa shape index (κ2) is 9.53. The first-order valence-corrected chi connectivity index (χ1v) is 9.91. The second-order valence-corrected chi connectivity index (χ2v) is 7.48. The minimum absolute atomic E-state index is 0.652. The summed E-state index contributed by atoms with van der Waals surface area (Å²) in [6.45, 7) is 5.37. The molecular weight excluding hydrogens is 340 g/mol. The summed E-state index contributed by atoms with van der Waals surface area (Å²) in [5.74, 6) is 1.81. The molecular formula is C21H28N4S. The van der Waals surface area contributed by atoms with E-state index >= 15 is 0 Å². The molecule has 1 atom stereocenters. The van der Waals surface area contributed by atoms with Crippen molar-refractivity contribution in [3.63, 3.8) is 0 Å². The average molecular weight is 369 g/mol. The summed E-state index contributed by atoms with van der Waals surface area (Å²) in [4.78, 5) is 6.98. The monoisotopic (exact) mass is 368 g/mol. The Kier molecular flexibility index (Phi) is 6.83. The summed E-state index contributed by atoms with van der Waals surface area (Å²) in [5.41, 5.74) is 2.29. The molecule has 1 aromatic carbocycles. The minimum Gasteiger partial charge on any atom is -0.362 e. The Bertz CT molecular complexity index is 687. The van der Waals surface area contributed by atoms with Gasteiger partial charge >= 0.3 is 0 Å². The fourth-order valence-electron chi connectivity index (χ4n) is 3.36. The summed E-state index contributed by atoms with van der Waals surface area (Å²) in [5, 5.41) is 7.14. The highest BCUT2D eigenvalue weighted by Crippen LogP contribution is 2.22. The Hall–Kier alpha value is -2.14. The lowest BCUT2D eigenvalue weighted by atomic mass is 10.0. The van der Waals surface area contributed by atoms with Crippen LogP contribution in [-0.4, -0.2) is 29.7 Å². The number of thiocarbonyl (C=S) groups is 1. The molecule has 5 heteroatoms. The average Bonchev–Trinajstić information content (AvgIpc) is 2.67. The van der Waals surface area contributed by atoms with E-state index in [9.17, 15) is 0 Å². The van der Waals surface area contributed by atoms with E-state index in [4.69, 9.17) is 12.2 Å². The number of anilines is 2. The number of benzene rings is 1. The number of aromatic nitrogens is 1. The van der Waals surface area contributed by atoms with Gasteiger partial charge in [-0.2, -0.15) is 0 Å². The molecule has 0 bridgehead atoms. The standard InChI is InChI=1S/C21H28N4S/c1-17-7-6-14-25(16-17)20-12-11-19(15-23-20)24-21(26)22-13-5-10-18-8-3-2-4-9-18/h2-4,8-9,11-12,15,17H,5-7,10,13-14,16H2,1H3,(H2,22,24,26)/t17-/m0/s1. The van der Waals surface area contributed by atoms with Crippen molar-refractivity contribution in [1.29, 1.82) is 0 Å². The number of hydrogen-bond acceptors (Lipinski definition) is 3. The molecule has 0 amide bonds. The first-order valence-electron chi connectivity index (χ1n) is 9.50. The van der Waals surface area contributed by atoms with Crippen LogP contribution in [-0.2, 0) is 6.42 Å². The van der Waals surface area contributed by atoms with E-state index in [0.717, 1.165) is 49.9 Å². The van der Waals surface area contributed by atoms with Crippen molar-refractivity contribution in [1.82, 2.24) is 10.3 Å². The predicted octanol–water partition coefficient (Wildman–Crippen LogP) is 4.24. The van der Waals surface area contributed by atoms with E-state index in [1.807, 2.05) is 12.3 Å². The lowest BCUT2D eigenvalue weighted by Crippen LogP contribution is -2.34. The van der Waals surface area contributed by atoms with Gasteiger partial charge in [0, 0.05) is 19.6 Å². The van der Waals surface area contributed by atoms with Crippen molar-refractivity contribution in [2.24, 2.45) is 5.92 Å². The van der Waals surface area contributed by atoms with Crippen molar-refractivity contribution in [2.75, 3.05) is 29.9 Å². The molecule has 4 nitrogen and oxygen atoms in total. The highest BCUT2D eigenvalue weighted by Gasteiger charge is 2.17. The molecule has 138 valence electrons. The van der Waals surface area contributed by atoms with Crippen LogP contribution < -0.4 is 15.5 Å². The molecule has 2 aromatic rings. The lowest BCUT2D eigenvalue weighted by molar-refractivity contribution is 0.444. The summed E-state index contributed by atoms with van der Waals surface area (Å²) < 4.78 is 0. The van der Waals surface area contributed by atoms with Crippen LogP contribution in [0.5, 0.6) is 0 Å². The molecule has 0 radical (unpaired) electrons. The maximum atomic E-state index is 5.38. The number of rotatable bonds is 6. The van der Waals surface area contributed by atoms with Crippen molar-refractivity contribution < 1.29 is 0 Å². The van der Waals surface area contributed by atoms with E-state index in [1.54, 1.807) is 0 Å². The number of pyridine rings is 1. The van der Waals surface area contributed by atoms with Crippen LogP contribution >= 0.6 is 12.2 Å². The normalized spacial score (nSPS) is 17.0. The zero-order chi connectivity index (χ0) is 18.2. The van der Waals surface area contributed by atoms with Gasteiger partial charge in [0.2, 0.25) is 0 Å². The van der Waals surface area contributed by atoms with Gasteiger partial charge in [0.05, 0.1) is 11.9 Å². The zero-order valence-corrected chi connectivity index (χ0v) is 16.3. The van der Waals surface area contributed by atoms with Gasteiger partial charge in [-0.15, -0.1) is 0 Å². The highest BCUT2D eigenvalue weighted by molar-refractivity contribution is 7.80. The maximum Gasteiger partial charge on any atom is 0.170 e. The van der Waals surface area contributed by atoms with Crippen LogP contribution in [0.2, 0.25) is 0 Å². The molecule has 0 spiro atoms. The van der Waals surface area contributed by atoms with Gasteiger partial charge in [0.15, 0.2) is 5.11 Å². The van der Waals surface area contributed by atoms with Crippen molar-refractivity contribution in [3.8, 4) is 0 Å². The van der Waals surface area contributed by atoms with Crippen molar-refractivity contribution in [3.05, 3.63) is 54.2 Å². The fraction of sp³-hybridized carbons (Fsp3) is 0.429. The van der Waals surface area contributed by atoms with Gasteiger partial charge in [0.1, 0.15) is 5.82 Å². The molecule has 0 unspecified atom stereocenters. The highest BCUT2D eigenvalue weighted by atomic mass is 32.1. The lowest BCUT2D eigenvalue weighted by Gasteiger charge is -2.31. The van der Waals surface area contributed by atoms with Crippen LogP contribution in [0.15, 0.2) is 48.7 Å². The molecule has 26 heavy (non-hydrogen) atoms. The third-order valence-corrected chi connectivity index (χ3v) is 5.00. The quantitative estimate of drug-likeness (QED) is 0.590. The third-order valence-electron chi connectivity index (χ3n) is 4.76. The van der Waals surface area contributed by atoms with E-state index in [-0.39, 0.29) is 0 Å². The van der Waals surface area contributed by atoms with Crippen LogP contribution in [0.25, 0.3) is 0 Å². The van der Waals surface area contributed by atoms with Crippen LogP contribution in [0, 0.1) is 5.92 Å². The summed E-state index contributed by atoms with van der Waals surface area (Å²) in [7, 11) is 0. The van der Waals surface area contributed by atoms with Gasteiger partial charge in [-0.1, -0.05) is 37.3 Å². The van der Waals surface area contributed by atoms with Crippen molar-refractivity contribution >= 4 is 28.8 Å². The molecule has 2 N–H and O–H groups in total. The van der Waals surface area contributed by atoms with E-state index in [1.165, 1.54) is 18.4 Å². The Labute approximate surface area is 162 Å². The van der Waals surface area contributed by atoms with Crippen LogP contribution in [0.1, 0.15) is 31.7 Å². The molecule has 3 rings (SSSR count). The van der Waals surface area contributed by atoms with E-state index in [0.29, 0.717) is 5.11 Å². The minimum atomic E-state index is 0.652. The number of nitrogens with zero attached hydrogens (tertiary/aromatic N) is 2. The van der Waals surface area contributed by atoms with Crippen molar-refractivity contribution in [2.45, 2.75) is 32.6 Å². The van der Waals surface area contributed by atoms with Crippen LogP contribution in [0.3, 0.4) is 0 Å². The first-order chi connectivity index (χ1) is 12.7. The smallest absolute Gasteiger partial charge is 0.170 e. The largest absolute Gasteiger partial charge is 0.362 e. The topological polar surface area (TPSA) is 40.2 Å². The Morgan fingerprint density at radius 2 is 2.08 bits per heavy atom. The Morgan fingerprint density at radius 1 is 1.23 bits per heavy atom. The van der Waals surface area contributed by atoms with E-state index in [2.05, 4.69) is 63.8 Å². The van der Waals surface area contributed by atoms with E-state index < -0.39 is 0 Å². The number of nitrogens with one attached hydrogen (secondary N) is 2.